The van der Waals surface area contributed by atoms with Crippen molar-refractivity contribution in [2.45, 2.75) is 44.4 Å². The summed E-state index contributed by atoms with van der Waals surface area (Å²) in [5.41, 5.74) is 0.206. The van der Waals surface area contributed by atoms with E-state index in [0.29, 0.717) is 6.54 Å². The molecule has 0 saturated heterocycles. The molecule has 1 aromatic heterocycles. The van der Waals surface area contributed by atoms with E-state index in [9.17, 15) is 4.79 Å². The lowest BCUT2D eigenvalue weighted by atomic mass is 9.73. The summed E-state index contributed by atoms with van der Waals surface area (Å²) < 4.78 is 4.76. The first-order valence-electron chi connectivity index (χ1n) is 8.67. The van der Waals surface area contributed by atoms with Crippen LogP contribution in [0.5, 0.6) is 0 Å². The van der Waals surface area contributed by atoms with Crippen LogP contribution in [0.4, 0.5) is 0 Å². The van der Waals surface area contributed by atoms with Crippen LogP contribution >= 0.6 is 11.3 Å². The van der Waals surface area contributed by atoms with Gasteiger partial charge in [-0.3, -0.25) is 9.79 Å². The summed E-state index contributed by atoms with van der Waals surface area (Å²) in [4.78, 5) is 17.3. The van der Waals surface area contributed by atoms with E-state index < -0.39 is 0 Å². The molecule has 1 unspecified atom stereocenters. The molecule has 1 atom stereocenters. The van der Waals surface area contributed by atoms with Crippen LogP contribution in [0.1, 0.15) is 43.9 Å². The van der Waals surface area contributed by atoms with Crippen molar-refractivity contribution in [3.05, 3.63) is 22.4 Å². The van der Waals surface area contributed by atoms with Crippen molar-refractivity contribution in [2.24, 2.45) is 10.9 Å². The van der Waals surface area contributed by atoms with E-state index in [4.69, 9.17) is 4.74 Å². The molecular weight excluding hydrogens is 322 g/mol. The Bertz CT molecular complexity index is 536. The smallest absolute Gasteiger partial charge is 0.310 e. The number of aliphatic imine (C=N–C) groups is 1. The van der Waals surface area contributed by atoms with Crippen LogP contribution in [0, 0.1) is 5.92 Å². The lowest BCUT2D eigenvalue weighted by molar-refractivity contribution is -0.144. The molecule has 24 heavy (non-hydrogen) atoms. The minimum atomic E-state index is -0.208. The van der Waals surface area contributed by atoms with Crippen molar-refractivity contribution in [3.63, 3.8) is 0 Å². The second-order valence-electron chi connectivity index (χ2n) is 6.55. The molecule has 0 aliphatic heterocycles. The van der Waals surface area contributed by atoms with Gasteiger partial charge in [0.15, 0.2) is 5.96 Å². The largest absolute Gasteiger partial charge is 0.469 e. The summed E-state index contributed by atoms with van der Waals surface area (Å²) in [5, 5.41) is 8.87. The number of nitrogens with one attached hydrogen (secondary N) is 2. The molecule has 134 valence electrons. The highest BCUT2D eigenvalue weighted by Crippen LogP contribution is 2.41. The Morgan fingerprint density at radius 2 is 2.12 bits per heavy atom. The van der Waals surface area contributed by atoms with E-state index in [-0.39, 0.29) is 17.3 Å². The fraction of sp³-hybridized carbons (Fsp3) is 0.667. The first kappa shape index (κ1) is 18.8. The third-order valence-electron chi connectivity index (χ3n) is 4.85. The van der Waals surface area contributed by atoms with Gasteiger partial charge in [-0.1, -0.05) is 32.3 Å². The topological polar surface area (TPSA) is 62.7 Å². The first-order chi connectivity index (χ1) is 11.6. The van der Waals surface area contributed by atoms with Crippen LogP contribution in [-0.4, -0.2) is 39.2 Å². The molecule has 1 heterocycles. The van der Waals surface area contributed by atoms with Gasteiger partial charge in [-0.25, -0.2) is 0 Å². The van der Waals surface area contributed by atoms with E-state index >= 15 is 0 Å². The van der Waals surface area contributed by atoms with Gasteiger partial charge in [0, 0.05) is 30.4 Å². The predicted octanol–water partition coefficient (Wildman–Crippen LogP) is 2.92. The summed E-state index contributed by atoms with van der Waals surface area (Å²) in [6.07, 6.45) is 6.33. The van der Waals surface area contributed by atoms with Gasteiger partial charge < -0.3 is 15.4 Å². The Kier molecular flexibility index (Phi) is 7.09. The van der Waals surface area contributed by atoms with Crippen molar-refractivity contribution in [3.8, 4) is 0 Å². The molecule has 1 aliphatic rings. The fourth-order valence-electron chi connectivity index (χ4n) is 3.33. The van der Waals surface area contributed by atoms with E-state index in [1.54, 1.807) is 7.05 Å². The third-order valence-corrected chi connectivity index (χ3v) is 5.97. The molecule has 1 aromatic rings. The van der Waals surface area contributed by atoms with Crippen LogP contribution in [0.25, 0.3) is 0 Å². The number of esters is 1. The van der Waals surface area contributed by atoms with E-state index in [0.717, 1.165) is 12.5 Å². The second-order valence-corrected chi connectivity index (χ2v) is 7.50. The van der Waals surface area contributed by atoms with Gasteiger partial charge in [0.25, 0.3) is 0 Å². The molecule has 2 rings (SSSR count). The molecule has 1 saturated carbocycles. The highest BCUT2D eigenvalue weighted by atomic mass is 32.1. The Morgan fingerprint density at radius 3 is 2.71 bits per heavy atom. The summed E-state index contributed by atoms with van der Waals surface area (Å²) in [7, 11) is 3.18. The highest BCUT2D eigenvalue weighted by Gasteiger charge is 2.34. The van der Waals surface area contributed by atoms with Crippen LogP contribution < -0.4 is 10.6 Å². The molecule has 6 heteroatoms. The number of rotatable bonds is 6. The van der Waals surface area contributed by atoms with Crippen LogP contribution in [0.2, 0.25) is 0 Å². The maximum atomic E-state index is 11.5. The number of carbonyl (C=O) groups excluding carboxylic acids is 1. The van der Waals surface area contributed by atoms with Gasteiger partial charge in [-0.15, -0.1) is 11.3 Å². The molecule has 2 N–H and O–H groups in total. The Morgan fingerprint density at radius 1 is 1.38 bits per heavy atom. The molecule has 0 bridgehead atoms. The molecule has 5 nitrogen and oxygen atoms in total. The first-order valence-corrected chi connectivity index (χ1v) is 9.55. The molecule has 0 radical (unpaired) electrons. The van der Waals surface area contributed by atoms with Gasteiger partial charge in [0.1, 0.15) is 0 Å². The van der Waals surface area contributed by atoms with E-state index in [1.165, 1.54) is 44.1 Å². The maximum absolute atomic E-state index is 11.5. The monoisotopic (exact) mass is 351 g/mol. The zero-order valence-electron chi connectivity index (χ0n) is 14.9. The molecule has 1 fully saturated rings. The lowest BCUT2D eigenvalue weighted by Crippen LogP contribution is -2.47. The quantitative estimate of drug-likeness (QED) is 0.470. The van der Waals surface area contributed by atoms with E-state index in [1.807, 2.05) is 18.3 Å². The van der Waals surface area contributed by atoms with Gasteiger partial charge in [-0.2, -0.15) is 0 Å². The average molecular weight is 352 g/mol. The predicted molar refractivity (Wildman–Crippen MR) is 99.6 cm³/mol. The summed E-state index contributed by atoms with van der Waals surface area (Å²) >= 11 is 1.85. The van der Waals surface area contributed by atoms with Crippen molar-refractivity contribution >= 4 is 23.3 Å². The van der Waals surface area contributed by atoms with Gasteiger partial charge in [0.05, 0.1) is 13.0 Å². The molecule has 0 amide bonds. The molecule has 0 spiro atoms. The number of methoxy groups -OCH3 is 1. The Hall–Kier alpha value is -1.56. The van der Waals surface area contributed by atoms with Crippen molar-refractivity contribution in [2.75, 3.05) is 27.2 Å². The number of thiophene rings is 1. The number of carbonyl (C=O) groups is 1. The second kappa shape index (κ2) is 9.06. The van der Waals surface area contributed by atoms with Gasteiger partial charge in [-0.05, 0) is 24.3 Å². The average Bonchev–Trinajstić information content (AvgIpc) is 3.17. The highest BCUT2D eigenvalue weighted by molar-refractivity contribution is 7.10. The standard InChI is InChI=1S/C18H29N3O2S/c1-14(16(22)23-3)12-20-17(19-2)21-13-18(9-5-4-6-10-18)15-8-7-11-24-15/h7-8,11,14H,4-6,9-10,12-13H2,1-3H3,(H2,19,20,21). The SMILES string of the molecule is CN=C(NCC(C)C(=O)OC)NCC1(c2cccs2)CCCCC1. The number of guanidine groups is 1. The number of hydrogen-bond donors (Lipinski definition) is 2. The van der Waals surface area contributed by atoms with Crippen LogP contribution in [-0.2, 0) is 14.9 Å². The normalized spacial score (nSPS) is 18.7. The number of nitrogens with zero attached hydrogens (tertiary/aromatic N) is 1. The number of ether oxygens (including phenoxy) is 1. The van der Waals surface area contributed by atoms with Crippen molar-refractivity contribution in [1.29, 1.82) is 0 Å². The molecular formula is C18H29N3O2S. The minimum absolute atomic E-state index is 0.200. The summed E-state index contributed by atoms with van der Waals surface area (Å²) in [5.74, 6) is 0.335. The maximum Gasteiger partial charge on any atom is 0.310 e. The van der Waals surface area contributed by atoms with Gasteiger partial charge in [0.2, 0.25) is 0 Å². The zero-order chi connectivity index (χ0) is 17.4. The Labute approximate surface area is 148 Å². The van der Waals surface area contributed by atoms with Gasteiger partial charge >= 0.3 is 5.97 Å². The van der Waals surface area contributed by atoms with E-state index in [2.05, 4.69) is 33.1 Å². The lowest BCUT2D eigenvalue weighted by Gasteiger charge is -2.37. The summed E-state index contributed by atoms with van der Waals surface area (Å²) in [6.45, 7) is 3.23. The molecule has 1 aliphatic carbocycles. The fourth-order valence-corrected chi connectivity index (χ4v) is 4.31. The third kappa shape index (κ3) is 4.72. The Balaban J connectivity index is 1.94. The number of hydrogen-bond acceptors (Lipinski definition) is 4. The minimum Gasteiger partial charge on any atom is -0.469 e. The van der Waals surface area contributed by atoms with Crippen molar-refractivity contribution in [1.82, 2.24) is 10.6 Å². The summed E-state index contributed by atoms with van der Waals surface area (Å²) in [6, 6.07) is 4.40. The zero-order valence-corrected chi connectivity index (χ0v) is 15.7. The van der Waals surface area contributed by atoms with Crippen molar-refractivity contribution < 1.29 is 9.53 Å². The molecule has 0 aromatic carbocycles. The van der Waals surface area contributed by atoms with Crippen LogP contribution in [0.15, 0.2) is 22.5 Å². The van der Waals surface area contributed by atoms with Crippen LogP contribution in [0.3, 0.4) is 0 Å².